The van der Waals surface area contributed by atoms with Crippen LogP contribution in [0.3, 0.4) is 0 Å². The molecule has 17 heavy (non-hydrogen) atoms. The molecule has 86 valence electrons. The molecule has 0 unspecified atom stereocenters. The van der Waals surface area contributed by atoms with Crippen LogP contribution in [0.1, 0.15) is 11.1 Å². The molecule has 4 nitrogen and oxygen atoms in total. The Morgan fingerprint density at radius 2 is 1.76 bits per heavy atom. The summed E-state index contributed by atoms with van der Waals surface area (Å²) >= 11 is 0. The number of hydrogen-bond donors (Lipinski definition) is 1. The van der Waals surface area contributed by atoms with Crippen molar-refractivity contribution in [1.29, 1.82) is 0 Å². The summed E-state index contributed by atoms with van der Waals surface area (Å²) in [6.45, 7) is 3.97. The SMILES string of the molecule is Cc1cccnc1/N=C/Nc1ncccc1C. The molecule has 4 heteroatoms. The van der Waals surface area contributed by atoms with Crippen molar-refractivity contribution >= 4 is 18.0 Å². The first-order valence-corrected chi connectivity index (χ1v) is 5.39. The second-order valence-corrected chi connectivity index (χ2v) is 3.72. The maximum atomic E-state index is 4.25. The Morgan fingerprint density at radius 3 is 2.47 bits per heavy atom. The van der Waals surface area contributed by atoms with Gasteiger partial charge >= 0.3 is 0 Å². The highest BCUT2D eigenvalue weighted by molar-refractivity contribution is 5.77. The normalized spacial score (nSPS) is 10.7. The first kappa shape index (κ1) is 11.3. The number of hydrogen-bond acceptors (Lipinski definition) is 3. The van der Waals surface area contributed by atoms with Crippen molar-refractivity contribution < 1.29 is 0 Å². The zero-order valence-corrected chi connectivity index (χ0v) is 9.88. The van der Waals surface area contributed by atoms with Gasteiger partial charge < -0.3 is 5.32 Å². The summed E-state index contributed by atoms with van der Waals surface area (Å²) in [6.07, 6.45) is 5.09. The fraction of sp³-hybridized carbons (Fsp3) is 0.154. The molecule has 0 aliphatic rings. The van der Waals surface area contributed by atoms with E-state index in [0.29, 0.717) is 5.82 Å². The Labute approximate surface area is 100 Å². The van der Waals surface area contributed by atoms with Crippen molar-refractivity contribution in [2.45, 2.75) is 13.8 Å². The van der Waals surface area contributed by atoms with Gasteiger partial charge in [-0.05, 0) is 37.1 Å². The van der Waals surface area contributed by atoms with Crippen LogP contribution in [0.2, 0.25) is 0 Å². The molecule has 0 aliphatic carbocycles. The Balaban J connectivity index is 2.09. The average molecular weight is 226 g/mol. The van der Waals surface area contributed by atoms with E-state index < -0.39 is 0 Å². The highest BCUT2D eigenvalue weighted by Gasteiger charge is 1.96. The van der Waals surface area contributed by atoms with Gasteiger partial charge in [0.2, 0.25) is 0 Å². The molecule has 0 fully saturated rings. The third-order valence-corrected chi connectivity index (χ3v) is 2.38. The number of nitrogens with zero attached hydrogens (tertiary/aromatic N) is 3. The summed E-state index contributed by atoms with van der Waals surface area (Å²) in [5.41, 5.74) is 2.12. The zero-order chi connectivity index (χ0) is 12.1. The van der Waals surface area contributed by atoms with E-state index in [1.807, 2.05) is 38.1 Å². The lowest BCUT2D eigenvalue weighted by Gasteiger charge is -2.02. The van der Waals surface area contributed by atoms with Crippen molar-refractivity contribution in [2.75, 3.05) is 5.32 Å². The summed E-state index contributed by atoms with van der Waals surface area (Å²) in [5.74, 6) is 1.53. The van der Waals surface area contributed by atoms with Gasteiger partial charge in [-0.2, -0.15) is 0 Å². The number of pyridine rings is 2. The standard InChI is InChI=1S/C13H14N4/c1-10-5-3-7-14-12(10)16-9-17-13-11(2)6-4-8-15-13/h3-9H,1-2H3,(H,14,15,16,17). The first-order chi connectivity index (χ1) is 8.27. The van der Waals surface area contributed by atoms with Crippen LogP contribution in [-0.2, 0) is 0 Å². The monoisotopic (exact) mass is 226 g/mol. The highest BCUT2D eigenvalue weighted by Crippen LogP contribution is 2.13. The maximum absolute atomic E-state index is 4.25. The summed E-state index contributed by atoms with van der Waals surface area (Å²) in [7, 11) is 0. The molecule has 0 spiro atoms. The first-order valence-electron chi connectivity index (χ1n) is 5.39. The largest absolute Gasteiger partial charge is 0.331 e. The minimum absolute atomic E-state index is 0.716. The van der Waals surface area contributed by atoms with E-state index in [-0.39, 0.29) is 0 Å². The van der Waals surface area contributed by atoms with E-state index in [1.54, 1.807) is 18.7 Å². The van der Waals surface area contributed by atoms with Gasteiger partial charge in [-0.3, -0.25) is 0 Å². The summed E-state index contributed by atoms with van der Waals surface area (Å²) in [4.78, 5) is 12.6. The van der Waals surface area contributed by atoms with Gasteiger partial charge in [0.05, 0.1) is 6.34 Å². The quantitative estimate of drug-likeness (QED) is 0.646. The fourth-order valence-corrected chi connectivity index (χ4v) is 1.40. The minimum Gasteiger partial charge on any atom is -0.331 e. The number of aromatic nitrogens is 2. The van der Waals surface area contributed by atoms with Gasteiger partial charge in [0, 0.05) is 12.4 Å². The lowest BCUT2D eigenvalue weighted by Crippen LogP contribution is -1.99. The predicted octanol–water partition coefficient (Wildman–Crippen LogP) is 2.87. The van der Waals surface area contributed by atoms with E-state index in [9.17, 15) is 0 Å². The van der Waals surface area contributed by atoms with Crippen LogP contribution < -0.4 is 5.32 Å². The Bertz CT molecular complexity index is 534. The minimum atomic E-state index is 0.716. The zero-order valence-electron chi connectivity index (χ0n) is 9.88. The Hall–Kier alpha value is -2.23. The van der Waals surface area contributed by atoms with Crippen LogP contribution in [0.15, 0.2) is 41.7 Å². The molecule has 2 aromatic heterocycles. The number of anilines is 1. The molecule has 0 amide bonds. The molecule has 0 saturated heterocycles. The third-order valence-electron chi connectivity index (χ3n) is 2.38. The van der Waals surface area contributed by atoms with Gasteiger partial charge in [0.25, 0.3) is 0 Å². The van der Waals surface area contributed by atoms with Crippen molar-refractivity contribution in [2.24, 2.45) is 4.99 Å². The van der Waals surface area contributed by atoms with E-state index in [1.165, 1.54) is 0 Å². The molecule has 2 heterocycles. The molecule has 0 aromatic carbocycles. The van der Waals surface area contributed by atoms with Crippen LogP contribution in [0.5, 0.6) is 0 Å². The number of aryl methyl sites for hydroxylation is 2. The number of rotatable bonds is 3. The number of nitrogens with one attached hydrogen (secondary N) is 1. The van der Waals surface area contributed by atoms with Crippen LogP contribution >= 0.6 is 0 Å². The maximum Gasteiger partial charge on any atom is 0.156 e. The Morgan fingerprint density at radius 1 is 1.06 bits per heavy atom. The fourth-order valence-electron chi connectivity index (χ4n) is 1.40. The van der Waals surface area contributed by atoms with Gasteiger partial charge in [-0.1, -0.05) is 12.1 Å². The second-order valence-electron chi connectivity index (χ2n) is 3.72. The van der Waals surface area contributed by atoms with Gasteiger partial charge in [0.15, 0.2) is 5.82 Å². The molecular weight excluding hydrogens is 212 g/mol. The van der Waals surface area contributed by atoms with Crippen molar-refractivity contribution in [1.82, 2.24) is 9.97 Å². The van der Waals surface area contributed by atoms with Gasteiger partial charge in [-0.15, -0.1) is 0 Å². The summed E-state index contributed by atoms with van der Waals surface area (Å²) in [5, 5.41) is 3.05. The molecule has 0 bridgehead atoms. The second kappa shape index (κ2) is 5.21. The lowest BCUT2D eigenvalue weighted by atomic mass is 10.3. The number of aliphatic imine (C=N–C) groups is 1. The third kappa shape index (κ3) is 2.87. The molecule has 0 atom stereocenters. The smallest absolute Gasteiger partial charge is 0.156 e. The lowest BCUT2D eigenvalue weighted by molar-refractivity contribution is 1.22. The van der Waals surface area contributed by atoms with Crippen LogP contribution in [0, 0.1) is 13.8 Å². The van der Waals surface area contributed by atoms with Crippen LogP contribution in [0.4, 0.5) is 11.6 Å². The molecule has 2 rings (SSSR count). The van der Waals surface area contributed by atoms with E-state index in [4.69, 9.17) is 0 Å². The summed E-state index contributed by atoms with van der Waals surface area (Å²) < 4.78 is 0. The van der Waals surface area contributed by atoms with Crippen molar-refractivity contribution in [3.63, 3.8) is 0 Å². The Kier molecular flexibility index (Phi) is 3.45. The molecule has 1 N–H and O–H groups in total. The predicted molar refractivity (Wildman–Crippen MR) is 69.7 cm³/mol. The molecule has 0 radical (unpaired) electrons. The van der Waals surface area contributed by atoms with E-state index in [2.05, 4.69) is 20.3 Å². The van der Waals surface area contributed by atoms with Crippen LogP contribution in [0.25, 0.3) is 0 Å². The average Bonchev–Trinajstić information content (AvgIpc) is 2.34. The highest BCUT2D eigenvalue weighted by atomic mass is 15.0. The summed E-state index contributed by atoms with van der Waals surface area (Å²) in [6, 6.07) is 7.77. The van der Waals surface area contributed by atoms with Gasteiger partial charge in [0.1, 0.15) is 5.82 Å². The van der Waals surface area contributed by atoms with Crippen LogP contribution in [-0.4, -0.2) is 16.3 Å². The van der Waals surface area contributed by atoms with Crippen molar-refractivity contribution in [3.05, 3.63) is 47.8 Å². The van der Waals surface area contributed by atoms with E-state index in [0.717, 1.165) is 16.9 Å². The topological polar surface area (TPSA) is 50.2 Å². The molecule has 0 saturated carbocycles. The molecular formula is C13H14N4. The molecule has 0 aliphatic heterocycles. The molecule has 2 aromatic rings. The van der Waals surface area contributed by atoms with E-state index >= 15 is 0 Å². The van der Waals surface area contributed by atoms with Gasteiger partial charge in [-0.25, -0.2) is 15.0 Å². The van der Waals surface area contributed by atoms with Crippen molar-refractivity contribution in [3.8, 4) is 0 Å².